The van der Waals surface area contributed by atoms with Crippen molar-refractivity contribution in [3.63, 3.8) is 0 Å². The molecular formula is C18H27N3. The maximum atomic E-state index is 4.74. The number of rotatable bonds is 7. The molecular weight excluding hydrogens is 258 g/mol. The standard InChI is InChI=1S/C18H27N3/c1-5-16-12-17(6-2)21(20-16)13-18(19-7-3)15-10-8-14(4)9-11-15/h8-12,18-19H,5-7,13H2,1-4H3. The summed E-state index contributed by atoms with van der Waals surface area (Å²) in [5.74, 6) is 0. The highest BCUT2D eigenvalue weighted by Gasteiger charge is 2.14. The molecule has 3 heteroatoms. The van der Waals surface area contributed by atoms with Gasteiger partial charge < -0.3 is 5.32 Å². The first-order valence-electron chi connectivity index (χ1n) is 8.03. The highest BCUT2D eigenvalue weighted by Crippen LogP contribution is 2.18. The van der Waals surface area contributed by atoms with Crippen LogP contribution in [0.1, 0.15) is 49.3 Å². The number of hydrogen-bond donors (Lipinski definition) is 1. The van der Waals surface area contributed by atoms with Gasteiger partial charge in [0, 0.05) is 5.69 Å². The summed E-state index contributed by atoms with van der Waals surface area (Å²) in [5.41, 5.74) is 5.14. The third kappa shape index (κ3) is 3.94. The summed E-state index contributed by atoms with van der Waals surface area (Å²) in [6, 6.07) is 11.3. The lowest BCUT2D eigenvalue weighted by atomic mass is 10.0. The molecule has 0 amide bonds. The molecule has 0 fully saturated rings. The number of hydrogen-bond acceptors (Lipinski definition) is 2. The molecule has 114 valence electrons. The lowest BCUT2D eigenvalue weighted by Crippen LogP contribution is -2.26. The Bertz CT molecular complexity index is 554. The highest BCUT2D eigenvalue weighted by atomic mass is 15.3. The van der Waals surface area contributed by atoms with E-state index in [1.54, 1.807) is 0 Å². The topological polar surface area (TPSA) is 29.9 Å². The van der Waals surface area contributed by atoms with Gasteiger partial charge in [0.1, 0.15) is 0 Å². The Labute approximate surface area is 128 Å². The maximum absolute atomic E-state index is 4.74. The molecule has 1 heterocycles. The number of aryl methyl sites for hydroxylation is 3. The fraction of sp³-hybridized carbons (Fsp3) is 0.500. The molecule has 3 nitrogen and oxygen atoms in total. The zero-order chi connectivity index (χ0) is 15.2. The van der Waals surface area contributed by atoms with E-state index in [2.05, 4.69) is 68.0 Å². The zero-order valence-corrected chi connectivity index (χ0v) is 13.7. The molecule has 2 aromatic rings. The van der Waals surface area contributed by atoms with Crippen LogP contribution in [0.5, 0.6) is 0 Å². The van der Waals surface area contributed by atoms with Gasteiger partial charge in [0.2, 0.25) is 0 Å². The second kappa shape index (κ2) is 7.41. The van der Waals surface area contributed by atoms with Crippen LogP contribution in [0.3, 0.4) is 0 Å². The Morgan fingerprint density at radius 3 is 2.38 bits per heavy atom. The van der Waals surface area contributed by atoms with Crippen LogP contribution in [0.2, 0.25) is 0 Å². The van der Waals surface area contributed by atoms with E-state index in [1.165, 1.54) is 22.5 Å². The summed E-state index contributed by atoms with van der Waals surface area (Å²) in [7, 11) is 0. The molecule has 1 N–H and O–H groups in total. The average molecular weight is 285 g/mol. The molecule has 1 unspecified atom stereocenters. The second-order valence-corrected chi connectivity index (χ2v) is 5.54. The highest BCUT2D eigenvalue weighted by molar-refractivity contribution is 5.24. The predicted octanol–water partition coefficient (Wildman–Crippen LogP) is 3.67. The van der Waals surface area contributed by atoms with E-state index in [-0.39, 0.29) is 0 Å². The third-order valence-electron chi connectivity index (χ3n) is 3.92. The van der Waals surface area contributed by atoms with E-state index in [0.717, 1.165) is 25.9 Å². The molecule has 0 aliphatic rings. The number of nitrogens with zero attached hydrogens (tertiary/aromatic N) is 2. The van der Waals surface area contributed by atoms with Crippen molar-refractivity contribution in [1.29, 1.82) is 0 Å². The molecule has 2 rings (SSSR count). The van der Waals surface area contributed by atoms with Crippen molar-refractivity contribution in [3.8, 4) is 0 Å². The molecule has 0 bridgehead atoms. The molecule has 0 spiro atoms. The summed E-state index contributed by atoms with van der Waals surface area (Å²) in [5, 5.41) is 8.33. The van der Waals surface area contributed by atoms with E-state index >= 15 is 0 Å². The van der Waals surface area contributed by atoms with Crippen molar-refractivity contribution in [2.75, 3.05) is 6.54 Å². The average Bonchev–Trinajstić information content (AvgIpc) is 2.90. The quantitative estimate of drug-likeness (QED) is 0.841. The van der Waals surface area contributed by atoms with Crippen LogP contribution in [-0.4, -0.2) is 16.3 Å². The van der Waals surface area contributed by atoms with Gasteiger partial charge in [-0.1, -0.05) is 50.6 Å². The van der Waals surface area contributed by atoms with Gasteiger partial charge in [0.25, 0.3) is 0 Å². The van der Waals surface area contributed by atoms with Gasteiger partial charge in [-0.15, -0.1) is 0 Å². The summed E-state index contributed by atoms with van der Waals surface area (Å²) in [6.07, 6.45) is 2.02. The molecule has 21 heavy (non-hydrogen) atoms. The first-order chi connectivity index (χ1) is 10.2. The first-order valence-corrected chi connectivity index (χ1v) is 8.03. The number of benzene rings is 1. The summed E-state index contributed by atoms with van der Waals surface area (Å²) < 4.78 is 2.17. The SMILES string of the molecule is CCNC(Cn1nc(CC)cc1CC)c1ccc(C)cc1. The van der Waals surface area contributed by atoms with Gasteiger partial charge in [-0.3, -0.25) is 4.68 Å². The van der Waals surface area contributed by atoms with E-state index in [9.17, 15) is 0 Å². The molecule has 0 saturated heterocycles. The van der Waals surface area contributed by atoms with Crippen LogP contribution in [0.25, 0.3) is 0 Å². The van der Waals surface area contributed by atoms with Crippen molar-refractivity contribution in [2.45, 2.75) is 53.1 Å². The van der Waals surface area contributed by atoms with Gasteiger partial charge in [0.05, 0.1) is 18.3 Å². The Balaban J connectivity index is 2.23. The fourth-order valence-electron chi connectivity index (χ4n) is 2.64. The van der Waals surface area contributed by atoms with Crippen molar-refractivity contribution >= 4 is 0 Å². The molecule has 1 aromatic carbocycles. The summed E-state index contributed by atoms with van der Waals surface area (Å²) in [4.78, 5) is 0. The van der Waals surface area contributed by atoms with Crippen molar-refractivity contribution in [1.82, 2.24) is 15.1 Å². The Morgan fingerprint density at radius 2 is 1.81 bits per heavy atom. The number of likely N-dealkylation sites (N-methyl/N-ethyl adjacent to an activating group) is 1. The number of nitrogens with one attached hydrogen (secondary N) is 1. The maximum Gasteiger partial charge on any atom is 0.0624 e. The fourth-order valence-corrected chi connectivity index (χ4v) is 2.64. The molecule has 1 atom stereocenters. The van der Waals surface area contributed by atoms with Crippen LogP contribution in [0, 0.1) is 6.92 Å². The van der Waals surface area contributed by atoms with E-state index in [1.807, 2.05) is 0 Å². The van der Waals surface area contributed by atoms with Gasteiger partial charge >= 0.3 is 0 Å². The van der Waals surface area contributed by atoms with Crippen LogP contribution in [0.4, 0.5) is 0 Å². The normalized spacial score (nSPS) is 12.6. The van der Waals surface area contributed by atoms with Gasteiger partial charge in [-0.05, 0) is 37.9 Å². The molecule has 0 radical (unpaired) electrons. The number of aromatic nitrogens is 2. The van der Waals surface area contributed by atoms with E-state index < -0.39 is 0 Å². The zero-order valence-electron chi connectivity index (χ0n) is 13.7. The summed E-state index contributed by atoms with van der Waals surface area (Å²) in [6.45, 7) is 10.5. The van der Waals surface area contributed by atoms with Gasteiger partial charge in [0.15, 0.2) is 0 Å². The smallest absolute Gasteiger partial charge is 0.0624 e. The first kappa shape index (κ1) is 15.8. The minimum Gasteiger partial charge on any atom is -0.309 e. The minimum atomic E-state index is 0.311. The van der Waals surface area contributed by atoms with Crippen LogP contribution in [-0.2, 0) is 19.4 Å². The molecule has 0 aliphatic heterocycles. The monoisotopic (exact) mass is 285 g/mol. The van der Waals surface area contributed by atoms with Gasteiger partial charge in [-0.25, -0.2) is 0 Å². The predicted molar refractivity (Wildman–Crippen MR) is 88.6 cm³/mol. The molecule has 0 aliphatic carbocycles. The minimum absolute atomic E-state index is 0.311. The Hall–Kier alpha value is -1.61. The summed E-state index contributed by atoms with van der Waals surface area (Å²) >= 11 is 0. The van der Waals surface area contributed by atoms with Crippen molar-refractivity contribution in [3.05, 3.63) is 52.8 Å². The molecule has 0 saturated carbocycles. The lowest BCUT2D eigenvalue weighted by Gasteiger charge is -2.20. The second-order valence-electron chi connectivity index (χ2n) is 5.54. The van der Waals surface area contributed by atoms with Crippen LogP contribution in [0.15, 0.2) is 30.3 Å². The van der Waals surface area contributed by atoms with E-state index in [0.29, 0.717) is 6.04 Å². The van der Waals surface area contributed by atoms with Crippen molar-refractivity contribution < 1.29 is 0 Å². The Kier molecular flexibility index (Phi) is 5.57. The lowest BCUT2D eigenvalue weighted by molar-refractivity contribution is 0.437. The Morgan fingerprint density at radius 1 is 1.10 bits per heavy atom. The van der Waals surface area contributed by atoms with Crippen LogP contribution < -0.4 is 5.32 Å². The van der Waals surface area contributed by atoms with Crippen molar-refractivity contribution in [2.24, 2.45) is 0 Å². The van der Waals surface area contributed by atoms with E-state index in [4.69, 9.17) is 5.10 Å². The van der Waals surface area contributed by atoms with Crippen LogP contribution >= 0.6 is 0 Å². The third-order valence-corrected chi connectivity index (χ3v) is 3.92. The van der Waals surface area contributed by atoms with Gasteiger partial charge in [-0.2, -0.15) is 5.10 Å². The molecule has 1 aromatic heterocycles. The largest absolute Gasteiger partial charge is 0.309 e.